The minimum atomic E-state index is -0.851. The van der Waals surface area contributed by atoms with Crippen LogP contribution in [0.3, 0.4) is 0 Å². The standard InChI is InChI=1S/C17H20OS/c1-13-8-9-15(3)17(10-13)12-19(18)11-16-7-5-4-6-14(16)2/h4-10H,11-12H2,1-3H3. The molecule has 0 bridgehead atoms. The summed E-state index contributed by atoms with van der Waals surface area (Å²) in [7, 11) is -0.851. The van der Waals surface area contributed by atoms with Crippen molar-refractivity contribution in [1.82, 2.24) is 0 Å². The number of rotatable bonds is 4. The van der Waals surface area contributed by atoms with Crippen molar-refractivity contribution in [3.05, 3.63) is 70.3 Å². The number of hydrogen-bond donors (Lipinski definition) is 0. The molecule has 0 heterocycles. The van der Waals surface area contributed by atoms with E-state index in [2.05, 4.69) is 51.1 Å². The topological polar surface area (TPSA) is 17.1 Å². The SMILES string of the molecule is Cc1ccc(C)c(CS(=O)Cc2ccccc2C)c1. The molecule has 0 fully saturated rings. The maximum absolute atomic E-state index is 12.3. The third-order valence-electron chi connectivity index (χ3n) is 3.40. The molecular weight excluding hydrogens is 252 g/mol. The Morgan fingerprint density at radius 2 is 1.47 bits per heavy atom. The van der Waals surface area contributed by atoms with Gasteiger partial charge in [-0.1, -0.05) is 48.0 Å². The maximum atomic E-state index is 12.3. The Morgan fingerprint density at radius 3 is 2.21 bits per heavy atom. The van der Waals surface area contributed by atoms with Gasteiger partial charge in [0.1, 0.15) is 0 Å². The molecule has 0 aliphatic rings. The van der Waals surface area contributed by atoms with E-state index in [0.29, 0.717) is 11.5 Å². The van der Waals surface area contributed by atoms with E-state index in [4.69, 9.17) is 0 Å². The Labute approximate surface area is 118 Å². The van der Waals surface area contributed by atoms with E-state index >= 15 is 0 Å². The van der Waals surface area contributed by atoms with E-state index in [1.54, 1.807) is 0 Å². The first-order valence-corrected chi connectivity index (χ1v) is 8.00. The van der Waals surface area contributed by atoms with Crippen LogP contribution in [0.2, 0.25) is 0 Å². The fourth-order valence-corrected chi connectivity index (χ4v) is 3.56. The molecule has 2 aromatic carbocycles. The van der Waals surface area contributed by atoms with E-state index in [1.165, 1.54) is 27.8 Å². The monoisotopic (exact) mass is 272 g/mol. The third kappa shape index (κ3) is 3.77. The average molecular weight is 272 g/mol. The van der Waals surface area contributed by atoms with Crippen LogP contribution in [0.5, 0.6) is 0 Å². The minimum absolute atomic E-state index is 0.639. The largest absolute Gasteiger partial charge is 0.259 e. The van der Waals surface area contributed by atoms with Gasteiger partial charge in [-0.15, -0.1) is 0 Å². The zero-order valence-electron chi connectivity index (χ0n) is 11.8. The van der Waals surface area contributed by atoms with Crippen molar-refractivity contribution in [3.8, 4) is 0 Å². The van der Waals surface area contributed by atoms with Crippen LogP contribution in [0, 0.1) is 20.8 Å². The van der Waals surface area contributed by atoms with Crippen molar-refractivity contribution in [3.63, 3.8) is 0 Å². The molecule has 0 aliphatic carbocycles. The molecule has 0 spiro atoms. The van der Waals surface area contributed by atoms with Gasteiger partial charge in [-0.25, -0.2) is 0 Å². The fourth-order valence-electron chi connectivity index (χ4n) is 2.13. The highest BCUT2D eigenvalue weighted by Crippen LogP contribution is 2.16. The van der Waals surface area contributed by atoms with Gasteiger partial charge in [0.25, 0.3) is 0 Å². The summed E-state index contributed by atoms with van der Waals surface area (Å²) < 4.78 is 12.3. The molecule has 1 nitrogen and oxygen atoms in total. The number of aryl methyl sites for hydroxylation is 3. The normalized spacial score (nSPS) is 12.4. The quantitative estimate of drug-likeness (QED) is 0.820. The van der Waals surface area contributed by atoms with E-state index in [9.17, 15) is 4.21 Å². The third-order valence-corrected chi connectivity index (χ3v) is 4.66. The van der Waals surface area contributed by atoms with Gasteiger partial charge in [0, 0.05) is 22.3 Å². The van der Waals surface area contributed by atoms with Crippen LogP contribution in [0.4, 0.5) is 0 Å². The summed E-state index contributed by atoms with van der Waals surface area (Å²) in [5.41, 5.74) is 6.06. The Balaban J connectivity index is 2.10. The van der Waals surface area contributed by atoms with Gasteiger partial charge in [-0.3, -0.25) is 4.21 Å². The van der Waals surface area contributed by atoms with Crippen LogP contribution in [-0.2, 0) is 22.3 Å². The lowest BCUT2D eigenvalue weighted by atomic mass is 10.1. The molecule has 0 saturated carbocycles. The highest BCUT2D eigenvalue weighted by atomic mass is 32.2. The first-order valence-electron chi connectivity index (χ1n) is 6.52. The lowest BCUT2D eigenvalue weighted by Gasteiger charge is -2.09. The van der Waals surface area contributed by atoms with E-state index in [1.807, 2.05) is 12.1 Å². The van der Waals surface area contributed by atoms with Gasteiger partial charge in [0.15, 0.2) is 0 Å². The van der Waals surface area contributed by atoms with Crippen LogP contribution in [0.15, 0.2) is 42.5 Å². The molecule has 1 unspecified atom stereocenters. The summed E-state index contributed by atoms with van der Waals surface area (Å²) in [5, 5.41) is 0. The highest BCUT2D eigenvalue weighted by Gasteiger charge is 2.07. The van der Waals surface area contributed by atoms with Crippen molar-refractivity contribution < 1.29 is 4.21 Å². The number of benzene rings is 2. The predicted octanol–water partition coefficient (Wildman–Crippen LogP) is 4.06. The first kappa shape index (κ1) is 14.0. The van der Waals surface area contributed by atoms with Crippen molar-refractivity contribution in [2.75, 3.05) is 0 Å². The molecular formula is C17H20OS. The molecule has 0 radical (unpaired) electrons. The van der Waals surface area contributed by atoms with Crippen molar-refractivity contribution in [2.24, 2.45) is 0 Å². The molecule has 1 atom stereocenters. The summed E-state index contributed by atoms with van der Waals surface area (Å²) in [5.74, 6) is 1.28. The lowest BCUT2D eigenvalue weighted by molar-refractivity contribution is 0.682. The molecule has 0 saturated heterocycles. The molecule has 19 heavy (non-hydrogen) atoms. The van der Waals surface area contributed by atoms with Crippen molar-refractivity contribution in [1.29, 1.82) is 0 Å². The Hall–Kier alpha value is -1.41. The summed E-state index contributed by atoms with van der Waals surface area (Å²) in [6.45, 7) is 6.23. The van der Waals surface area contributed by atoms with E-state index in [-0.39, 0.29) is 0 Å². The van der Waals surface area contributed by atoms with Crippen LogP contribution in [0.25, 0.3) is 0 Å². The highest BCUT2D eigenvalue weighted by molar-refractivity contribution is 7.83. The molecule has 2 rings (SSSR count). The van der Waals surface area contributed by atoms with E-state index < -0.39 is 10.8 Å². The Bertz CT molecular complexity index is 602. The lowest BCUT2D eigenvalue weighted by Crippen LogP contribution is -2.02. The van der Waals surface area contributed by atoms with Gasteiger partial charge >= 0.3 is 0 Å². The molecule has 0 aliphatic heterocycles. The number of hydrogen-bond acceptors (Lipinski definition) is 1. The molecule has 0 aromatic heterocycles. The molecule has 0 amide bonds. The molecule has 2 aromatic rings. The second-order valence-electron chi connectivity index (χ2n) is 5.08. The summed E-state index contributed by atoms with van der Waals surface area (Å²) >= 11 is 0. The van der Waals surface area contributed by atoms with Gasteiger partial charge in [-0.2, -0.15) is 0 Å². The summed E-state index contributed by atoms with van der Waals surface area (Å²) in [6, 6.07) is 14.5. The van der Waals surface area contributed by atoms with Gasteiger partial charge in [0.05, 0.1) is 0 Å². The maximum Gasteiger partial charge on any atom is 0.0491 e. The van der Waals surface area contributed by atoms with Crippen LogP contribution >= 0.6 is 0 Å². The zero-order valence-corrected chi connectivity index (χ0v) is 12.6. The van der Waals surface area contributed by atoms with Gasteiger partial charge in [-0.05, 0) is 43.0 Å². The van der Waals surface area contributed by atoms with Crippen LogP contribution in [0.1, 0.15) is 27.8 Å². The van der Waals surface area contributed by atoms with Gasteiger partial charge < -0.3 is 0 Å². The summed E-state index contributed by atoms with van der Waals surface area (Å²) in [4.78, 5) is 0. The second kappa shape index (κ2) is 6.16. The fraction of sp³-hybridized carbons (Fsp3) is 0.294. The van der Waals surface area contributed by atoms with Crippen molar-refractivity contribution in [2.45, 2.75) is 32.3 Å². The first-order chi connectivity index (χ1) is 9.06. The van der Waals surface area contributed by atoms with E-state index in [0.717, 1.165) is 0 Å². The zero-order chi connectivity index (χ0) is 13.8. The molecule has 2 heteroatoms. The minimum Gasteiger partial charge on any atom is -0.259 e. The predicted molar refractivity (Wildman–Crippen MR) is 82.6 cm³/mol. The molecule has 100 valence electrons. The summed E-state index contributed by atoms with van der Waals surface area (Å²) in [6.07, 6.45) is 0. The smallest absolute Gasteiger partial charge is 0.0491 e. The van der Waals surface area contributed by atoms with Crippen LogP contribution in [-0.4, -0.2) is 4.21 Å². The molecule has 0 N–H and O–H groups in total. The van der Waals surface area contributed by atoms with Crippen LogP contribution < -0.4 is 0 Å². The second-order valence-corrected chi connectivity index (χ2v) is 6.54. The Kier molecular flexibility index (Phi) is 4.54. The Morgan fingerprint density at radius 1 is 0.842 bits per heavy atom. The average Bonchev–Trinajstić information content (AvgIpc) is 2.37. The van der Waals surface area contributed by atoms with Gasteiger partial charge in [0.2, 0.25) is 0 Å². The van der Waals surface area contributed by atoms with Crippen molar-refractivity contribution >= 4 is 10.8 Å².